The summed E-state index contributed by atoms with van der Waals surface area (Å²) in [5.41, 5.74) is 1.70. The maximum atomic E-state index is 6.12. The van der Waals surface area contributed by atoms with Crippen molar-refractivity contribution in [3.05, 3.63) is 43.4 Å². The molecule has 5 heteroatoms. The van der Waals surface area contributed by atoms with Crippen molar-refractivity contribution in [3.8, 4) is 0 Å². The van der Waals surface area contributed by atoms with E-state index in [1.54, 1.807) is 0 Å². The van der Waals surface area contributed by atoms with Crippen molar-refractivity contribution in [2.75, 3.05) is 0 Å². The second-order valence-electron chi connectivity index (χ2n) is 3.45. The minimum atomic E-state index is -0.134. The Kier molecular flexibility index (Phi) is 2.24. The molecule has 0 N–H and O–H groups in total. The van der Waals surface area contributed by atoms with Gasteiger partial charge in [-0.25, -0.2) is 0 Å². The van der Waals surface area contributed by atoms with Crippen LogP contribution in [0.1, 0.15) is 23.3 Å². The van der Waals surface area contributed by atoms with Crippen molar-refractivity contribution >= 4 is 46.4 Å². The van der Waals surface area contributed by atoms with E-state index in [1.165, 1.54) is 0 Å². The molecular formula is C10H4Cl4O. The first-order valence-corrected chi connectivity index (χ1v) is 5.82. The SMILES string of the molecule is Clc1c(Cl)c(Cl)c2c(c1Cl)C1C=CC2O1. The third-order valence-corrected chi connectivity index (χ3v) is 4.50. The molecule has 3 rings (SSSR count). The normalized spacial score (nSPS) is 26.1. The van der Waals surface area contributed by atoms with Crippen molar-refractivity contribution in [1.29, 1.82) is 0 Å². The molecule has 2 bridgehead atoms. The molecule has 1 aromatic carbocycles. The Morgan fingerprint density at radius 1 is 0.733 bits per heavy atom. The van der Waals surface area contributed by atoms with Crippen LogP contribution in [-0.2, 0) is 4.74 Å². The van der Waals surface area contributed by atoms with Gasteiger partial charge < -0.3 is 4.74 Å². The fourth-order valence-corrected chi connectivity index (χ4v) is 3.10. The minimum Gasteiger partial charge on any atom is -0.357 e. The van der Waals surface area contributed by atoms with Gasteiger partial charge in [0.05, 0.1) is 20.1 Å². The molecule has 2 unspecified atom stereocenters. The Labute approximate surface area is 107 Å². The van der Waals surface area contributed by atoms with Crippen LogP contribution in [0.5, 0.6) is 0 Å². The van der Waals surface area contributed by atoms with Crippen LogP contribution in [0.2, 0.25) is 20.1 Å². The van der Waals surface area contributed by atoms with E-state index in [2.05, 4.69) is 0 Å². The van der Waals surface area contributed by atoms with E-state index in [0.717, 1.165) is 11.1 Å². The Morgan fingerprint density at radius 2 is 1.13 bits per heavy atom. The van der Waals surface area contributed by atoms with E-state index in [4.69, 9.17) is 51.1 Å². The zero-order valence-corrected chi connectivity index (χ0v) is 10.3. The van der Waals surface area contributed by atoms with E-state index in [1.807, 2.05) is 12.2 Å². The molecule has 0 saturated carbocycles. The molecule has 2 atom stereocenters. The lowest BCUT2D eigenvalue weighted by molar-refractivity contribution is 0.0879. The third-order valence-electron chi connectivity index (χ3n) is 2.66. The van der Waals surface area contributed by atoms with Gasteiger partial charge in [0.2, 0.25) is 0 Å². The fraction of sp³-hybridized carbons (Fsp3) is 0.200. The van der Waals surface area contributed by atoms with E-state index < -0.39 is 0 Å². The summed E-state index contributed by atoms with van der Waals surface area (Å²) in [6, 6.07) is 0. The van der Waals surface area contributed by atoms with E-state index in [0.29, 0.717) is 20.1 Å². The number of hydrogen-bond acceptors (Lipinski definition) is 1. The average molecular weight is 282 g/mol. The molecule has 15 heavy (non-hydrogen) atoms. The van der Waals surface area contributed by atoms with Crippen LogP contribution in [0.15, 0.2) is 12.2 Å². The molecule has 1 nitrogen and oxygen atoms in total. The number of halogens is 4. The molecule has 78 valence electrons. The fourth-order valence-electron chi connectivity index (χ4n) is 2.00. The van der Waals surface area contributed by atoms with Crippen LogP contribution >= 0.6 is 46.4 Å². The molecule has 2 aliphatic rings. The van der Waals surface area contributed by atoms with Crippen LogP contribution in [0.25, 0.3) is 0 Å². The van der Waals surface area contributed by atoms with Gasteiger partial charge in [-0.2, -0.15) is 0 Å². The predicted octanol–water partition coefficient (Wildman–Crippen LogP) is 4.98. The maximum Gasteiger partial charge on any atom is 0.104 e. The highest BCUT2D eigenvalue weighted by Crippen LogP contribution is 2.55. The number of benzene rings is 1. The van der Waals surface area contributed by atoms with Gasteiger partial charge in [0.1, 0.15) is 12.2 Å². The zero-order valence-electron chi connectivity index (χ0n) is 7.23. The first kappa shape index (κ1) is 10.2. The second-order valence-corrected chi connectivity index (χ2v) is 4.96. The van der Waals surface area contributed by atoms with Gasteiger partial charge in [0.25, 0.3) is 0 Å². The Balaban J connectivity index is 2.38. The van der Waals surface area contributed by atoms with Crippen LogP contribution in [0.3, 0.4) is 0 Å². The largest absolute Gasteiger partial charge is 0.357 e. The Hall–Kier alpha value is 0.0800. The van der Waals surface area contributed by atoms with E-state index in [-0.39, 0.29) is 12.2 Å². The molecule has 0 amide bonds. The standard InChI is InChI=1S/C10H4Cl4O/c11-7-5-3-1-2-4(15-3)6(5)8(12)10(14)9(7)13/h1-4H. The maximum absolute atomic E-state index is 6.12. The molecular weight excluding hydrogens is 278 g/mol. The van der Waals surface area contributed by atoms with Gasteiger partial charge in [-0.3, -0.25) is 0 Å². The van der Waals surface area contributed by atoms with Gasteiger partial charge in [0, 0.05) is 11.1 Å². The molecule has 0 aromatic heterocycles. The van der Waals surface area contributed by atoms with Gasteiger partial charge in [-0.05, 0) is 0 Å². The van der Waals surface area contributed by atoms with Crippen molar-refractivity contribution < 1.29 is 4.74 Å². The molecule has 1 aromatic rings. The molecule has 0 spiro atoms. The van der Waals surface area contributed by atoms with Crippen LogP contribution < -0.4 is 0 Å². The number of rotatable bonds is 0. The minimum absolute atomic E-state index is 0.134. The zero-order chi connectivity index (χ0) is 10.7. The summed E-state index contributed by atoms with van der Waals surface area (Å²) < 4.78 is 5.62. The first-order chi connectivity index (χ1) is 7.11. The smallest absolute Gasteiger partial charge is 0.104 e. The predicted molar refractivity (Wildman–Crippen MR) is 62.2 cm³/mol. The number of ether oxygens (including phenoxy) is 1. The van der Waals surface area contributed by atoms with Gasteiger partial charge in [-0.1, -0.05) is 58.6 Å². The monoisotopic (exact) mass is 280 g/mol. The highest BCUT2D eigenvalue weighted by Gasteiger charge is 2.39. The van der Waals surface area contributed by atoms with Gasteiger partial charge in [-0.15, -0.1) is 0 Å². The van der Waals surface area contributed by atoms with Crippen LogP contribution in [0.4, 0.5) is 0 Å². The van der Waals surface area contributed by atoms with Crippen molar-refractivity contribution in [2.24, 2.45) is 0 Å². The van der Waals surface area contributed by atoms with Crippen molar-refractivity contribution in [2.45, 2.75) is 12.2 Å². The van der Waals surface area contributed by atoms with E-state index >= 15 is 0 Å². The topological polar surface area (TPSA) is 9.23 Å². The number of hydrogen-bond donors (Lipinski definition) is 0. The summed E-state index contributed by atoms with van der Waals surface area (Å²) in [7, 11) is 0. The lowest BCUT2D eigenvalue weighted by atomic mass is 9.97. The first-order valence-electron chi connectivity index (χ1n) is 4.30. The summed E-state index contributed by atoms with van der Waals surface area (Å²) in [4.78, 5) is 0. The average Bonchev–Trinajstić information content (AvgIpc) is 2.82. The summed E-state index contributed by atoms with van der Waals surface area (Å²) in [5.74, 6) is 0. The van der Waals surface area contributed by atoms with Crippen molar-refractivity contribution in [1.82, 2.24) is 0 Å². The molecule has 2 aliphatic heterocycles. The van der Waals surface area contributed by atoms with Crippen LogP contribution in [0, 0.1) is 0 Å². The van der Waals surface area contributed by atoms with Gasteiger partial charge >= 0.3 is 0 Å². The Bertz CT molecular complexity index is 452. The van der Waals surface area contributed by atoms with E-state index in [9.17, 15) is 0 Å². The molecule has 0 saturated heterocycles. The highest BCUT2D eigenvalue weighted by atomic mass is 35.5. The summed E-state index contributed by atoms with van der Waals surface area (Å²) in [6.45, 7) is 0. The third kappa shape index (κ3) is 1.22. The summed E-state index contributed by atoms with van der Waals surface area (Å²) >= 11 is 24.2. The lowest BCUT2D eigenvalue weighted by Crippen LogP contribution is -1.97. The summed E-state index contributed by atoms with van der Waals surface area (Å²) in [6.07, 6.45) is 3.62. The quantitative estimate of drug-likeness (QED) is 0.370. The van der Waals surface area contributed by atoms with Gasteiger partial charge in [0.15, 0.2) is 0 Å². The molecule has 2 heterocycles. The van der Waals surface area contributed by atoms with Crippen molar-refractivity contribution in [3.63, 3.8) is 0 Å². The lowest BCUT2D eigenvalue weighted by Gasteiger charge is -2.14. The molecule has 0 aliphatic carbocycles. The highest BCUT2D eigenvalue weighted by molar-refractivity contribution is 6.52. The molecule has 0 radical (unpaired) electrons. The molecule has 0 fully saturated rings. The summed E-state index contributed by atoms with van der Waals surface area (Å²) in [5, 5.41) is 1.48. The van der Waals surface area contributed by atoms with Crippen LogP contribution in [-0.4, -0.2) is 0 Å². The Morgan fingerprint density at radius 3 is 1.53 bits per heavy atom. The second kappa shape index (κ2) is 3.28. The number of fused-ring (bicyclic) bond motifs is 5.